The van der Waals surface area contributed by atoms with Crippen LogP contribution in [-0.2, 0) is 9.59 Å². The van der Waals surface area contributed by atoms with Crippen LogP contribution in [0.2, 0.25) is 0 Å². The van der Waals surface area contributed by atoms with Crippen molar-refractivity contribution in [1.82, 2.24) is 10.2 Å². The van der Waals surface area contributed by atoms with Gasteiger partial charge in [-0.3, -0.25) is 9.59 Å². The lowest BCUT2D eigenvalue weighted by molar-refractivity contribution is -0.136. The fraction of sp³-hybridized carbons (Fsp3) is 0.333. The molecule has 0 aromatic heterocycles. The number of anilines is 2. The smallest absolute Gasteiger partial charge is 0.313 e. The lowest BCUT2D eigenvalue weighted by atomic mass is 10.1. The summed E-state index contributed by atoms with van der Waals surface area (Å²) in [6, 6.07) is 15.4. The first-order valence-corrected chi connectivity index (χ1v) is 8.87. The second kappa shape index (κ2) is 9.19. The molecule has 2 amide bonds. The third kappa shape index (κ3) is 5.82. The number of likely N-dealkylation sites (N-methyl/N-ethyl adjacent to an activating group) is 1. The molecule has 0 radical (unpaired) electrons. The van der Waals surface area contributed by atoms with E-state index in [1.54, 1.807) is 12.1 Å². The number of hydrogen-bond donors (Lipinski definition) is 2. The number of benzene rings is 2. The van der Waals surface area contributed by atoms with E-state index < -0.39 is 11.8 Å². The Balaban J connectivity index is 1.97. The molecule has 6 nitrogen and oxygen atoms in total. The topological polar surface area (TPSA) is 64.7 Å². The Morgan fingerprint density at radius 1 is 0.889 bits per heavy atom. The molecular weight excluding hydrogens is 340 g/mol. The van der Waals surface area contributed by atoms with Crippen molar-refractivity contribution in [2.45, 2.75) is 13.0 Å². The van der Waals surface area contributed by atoms with Gasteiger partial charge >= 0.3 is 11.8 Å². The molecule has 0 aliphatic rings. The zero-order chi connectivity index (χ0) is 20.0. The molecule has 1 atom stereocenters. The van der Waals surface area contributed by atoms with E-state index in [4.69, 9.17) is 0 Å². The van der Waals surface area contributed by atoms with Gasteiger partial charge in [-0.15, -0.1) is 0 Å². The van der Waals surface area contributed by atoms with Crippen LogP contribution in [0.1, 0.15) is 17.2 Å². The molecular formula is C21H28N4O2. The fourth-order valence-corrected chi connectivity index (χ4v) is 2.69. The molecule has 0 aliphatic heterocycles. The van der Waals surface area contributed by atoms with E-state index >= 15 is 0 Å². The average Bonchev–Trinajstić information content (AvgIpc) is 2.63. The predicted octanol–water partition coefficient (Wildman–Crippen LogP) is 2.42. The van der Waals surface area contributed by atoms with Crippen LogP contribution in [0, 0.1) is 6.92 Å². The van der Waals surface area contributed by atoms with Crippen molar-refractivity contribution in [2.75, 3.05) is 45.0 Å². The molecule has 0 saturated carbocycles. The van der Waals surface area contributed by atoms with Crippen LogP contribution in [0.5, 0.6) is 0 Å². The predicted molar refractivity (Wildman–Crippen MR) is 110 cm³/mol. The summed E-state index contributed by atoms with van der Waals surface area (Å²) in [7, 11) is 7.88. The molecule has 0 aliphatic carbocycles. The van der Waals surface area contributed by atoms with E-state index in [9.17, 15) is 9.59 Å². The van der Waals surface area contributed by atoms with Crippen molar-refractivity contribution >= 4 is 23.2 Å². The summed E-state index contributed by atoms with van der Waals surface area (Å²) in [6.07, 6.45) is 0. The lowest BCUT2D eigenvalue weighted by Gasteiger charge is -2.25. The van der Waals surface area contributed by atoms with Gasteiger partial charge in [0, 0.05) is 32.0 Å². The summed E-state index contributed by atoms with van der Waals surface area (Å²) >= 11 is 0. The van der Waals surface area contributed by atoms with E-state index in [2.05, 4.69) is 10.6 Å². The molecule has 27 heavy (non-hydrogen) atoms. The minimum Gasteiger partial charge on any atom is -0.378 e. The van der Waals surface area contributed by atoms with Gasteiger partial charge < -0.3 is 20.4 Å². The lowest BCUT2D eigenvalue weighted by Crippen LogP contribution is -2.40. The number of rotatable bonds is 6. The van der Waals surface area contributed by atoms with Crippen molar-refractivity contribution in [1.29, 1.82) is 0 Å². The molecule has 0 saturated heterocycles. The maximum Gasteiger partial charge on any atom is 0.313 e. The Morgan fingerprint density at radius 2 is 1.48 bits per heavy atom. The van der Waals surface area contributed by atoms with Crippen LogP contribution in [0.15, 0.2) is 48.5 Å². The Hall–Kier alpha value is -2.86. The first-order valence-electron chi connectivity index (χ1n) is 8.87. The minimum absolute atomic E-state index is 0.0302. The van der Waals surface area contributed by atoms with E-state index in [1.807, 2.05) is 81.3 Å². The molecule has 2 aromatic rings. The quantitative estimate of drug-likeness (QED) is 0.769. The van der Waals surface area contributed by atoms with Crippen molar-refractivity contribution in [2.24, 2.45) is 0 Å². The fourth-order valence-electron chi connectivity index (χ4n) is 2.69. The molecule has 0 fully saturated rings. The number of carbonyl (C=O) groups is 2. The van der Waals surface area contributed by atoms with Gasteiger partial charge in [0.1, 0.15) is 0 Å². The zero-order valence-corrected chi connectivity index (χ0v) is 16.6. The number of amides is 2. The van der Waals surface area contributed by atoms with Gasteiger partial charge in [0.15, 0.2) is 0 Å². The molecule has 2 aromatic carbocycles. The summed E-state index contributed by atoms with van der Waals surface area (Å²) in [5.41, 5.74) is 3.87. The number of aryl methyl sites for hydroxylation is 1. The SMILES string of the molecule is Cc1ccc(NC(=O)C(=O)NC[C@@H](c2ccc(N(C)C)cc2)N(C)C)cc1. The van der Waals surface area contributed by atoms with Gasteiger partial charge in [0.2, 0.25) is 0 Å². The van der Waals surface area contributed by atoms with Crippen LogP contribution < -0.4 is 15.5 Å². The van der Waals surface area contributed by atoms with E-state index in [-0.39, 0.29) is 6.04 Å². The normalized spacial score (nSPS) is 11.8. The maximum absolute atomic E-state index is 12.2. The zero-order valence-electron chi connectivity index (χ0n) is 16.6. The molecule has 0 unspecified atom stereocenters. The van der Waals surface area contributed by atoms with Crippen LogP contribution in [0.3, 0.4) is 0 Å². The largest absolute Gasteiger partial charge is 0.378 e. The van der Waals surface area contributed by atoms with Gasteiger partial charge in [-0.05, 0) is 50.8 Å². The highest BCUT2D eigenvalue weighted by molar-refractivity contribution is 6.39. The Labute approximate surface area is 161 Å². The van der Waals surface area contributed by atoms with Crippen molar-refractivity contribution in [3.8, 4) is 0 Å². The number of nitrogens with one attached hydrogen (secondary N) is 2. The highest BCUT2D eigenvalue weighted by atomic mass is 16.2. The highest BCUT2D eigenvalue weighted by Crippen LogP contribution is 2.21. The Kier molecular flexibility index (Phi) is 6.96. The van der Waals surface area contributed by atoms with Gasteiger partial charge in [0.05, 0.1) is 6.04 Å². The minimum atomic E-state index is -0.667. The van der Waals surface area contributed by atoms with Gasteiger partial charge in [-0.1, -0.05) is 29.8 Å². The first-order chi connectivity index (χ1) is 12.8. The number of nitrogens with zero attached hydrogens (tertiary/aromatic N) is 2. The maximum atomic E-state index is 12.2. The van der Waals surface area contributed by atoms with Crippen LogP contribution in [0.25, 0.3) is 0 Å². The summed E-state index contributed by atoms with van der Waals surface area (Å²) < 4.78 is 0. The molecule has 144 valence electrons. The third-order valence-electron chi connectivity index (χ3n) is 4.39. The standard InChI is InChI=1S/C21H28N4O2/c1-15-6-10-17(11-7-15)23-21(27)20(26)22-14-19(25(4)5)16-8-12-18(13-9-16)24(2)3/h6-13,19H,14H2,1-5H3,(H,22,26)(H,23,27)/t19-/m0/s1. The van der Waals surface area contributed by atoms with Crippen molar-refractivity contribution in [3.63, 3.8) is 0 Å². The second-order valence-electron chi connectivity index (χ2n) is 7.00. The van der Waals surface area contributed by atoms with E-state index in [0.717, 1.165) is 16.8 Å². The van der Waals surface area contributed by atoms with Crippen LogP contribution in [0.4, 0.5) is 11.4 Å². The number of hydrogen-bond acceptors (Lipinski definition) is 4. The Morgan fingerprint density at radius 3 is 2.00 bits per heavy atom. The van der Waals surface area contributed by atoms with Crippen molar-refractivity contribution in [3.05, 3.63) is 59.7 Å². The first kappa shape index (κ1) is 20.5. The highest BCUT2D eigenvalue weighted by Gasteiger charge is 2.19. The van der Waals surface area contributed by atoms with Gasteiger partial charge in [-0.2, -0.15) is 0 Å². The van der Waals surface area contributed by atoms with E-state index in [1.165, 1.54) is 0 Å². The monoisotopic (exact) mass is 368 g/mol. The molecule has 0 bridgehead atoms. The molecule has 0 heterocycles. The summed E-state index contributed by atoms with van der Waals surface area (Å²) in [5, 5.41) is 5.34. The molecule has 2 N–H and O–H groups in total. The van der Waals surface area contributed by atoms with Gasteiger partial charge in [-0.25, -0.2) is 0 Å². The van der Waals surface area contributed by atoms with Crippen LogP contribution in [-0.4, -0.2) is 51.4 Å². The molecule has 0 spiro atoms. The second-order valence-corrected chi connectivity index (χ2v) is 7.00. The molecule has 2 rings (SSSR count). The van der Waals surface area contributed by atoms with Crippen LogP contribution >= 0.6 is 0 Å². The molecule has 6 heteroatoms. The van der Waals surface area contributed by atoms with Gasteiger partial charge in [0.25, 0.3) is 0 Å². The third-order valence-corrected chi connectivity index (χ3v) is 4.39. The number of carbonyl (C=O) groups excluding carboxylic acids is 2. The summed E-state index contributed by atoms with van der Waals surface area (Å²) in [5.74, 6) is -1.31. The van der Waals surface area contributed by atoms with Crippen molar-refractivity contribution < 1.29 is 9.59 Å². The average molecular weight is 368 g/mol. The summed E-state index contributed by atoms with van der Waals surface area (Å²) in [6.45, 7) is 2.30. The van der Waals surface area contributed by atoms with E-state index in [0.29, 0.717) is 12.2 Å². The summed E-state index contributed by atoms with van der Waals surface area (Å²) in [4.78, 5) is 28.3. The Bertz CT molecular complexity index is 768.